The first kappa shape index (κ1) is 16.6. The first-order valence-corrected chi connectivity index (χ1v) is 8.42. The lowest BCUT2D eigenvalue weighted by Crippen LogP contribution is -2.44. The number of aliphatic hydroxyl groups excluding tert-OH is 2. The second kappa shape index (κ2) is 7.36. The van der Waals surface area contributed by atoms with Gasteiger partial charge in [0.2, 0.25) is 0 Å². The van der Waals surface area contributed by atoms with Crippen molar-refractivity contribution in [1.82, 2.24) is 0 Å². The number of aliphatic hydroxyl groups is 2. The zero-order valence-electron chi connectivity index (χ0n) is 11.5. The van der Waals surface area contributed by atoms with Gasteiger partial charge in [0.05, 0.1) is 11.2 Å². The molecule has 0 aromatic carbocycles. The van der Waals surface area contributed by atoms with Crippen molar-refractivity contribution in [1.29, 1.82) is 0 Å². The average Bonchev–Trinajstić information content (AvgIpc) is 2.67. The van der Waals surface area contributed by atoms with Crippen LogP contribution in [0.1, 0.15) is 27.7 Å². The van der Waals surface area contributed by atoms with Gasteiger partial charge < -0.3 is 19.7 Å². The molecule has 1 aliphatic rings. The molecule has 0 aromatic rings. The molecule has 1 heterocycles. The van der Waals surface area contributed by atoms with E-state index < -0.39 is 24.1 Å². The van der Waals surface area contributed by atoms with Gasteiger partial charge >= 0.3 is 0 Å². The Balaban J connectivity index is 2.55. The number of rotatable bonds is 7. The molecule has 0 aromatic heterocycles. The van der Waals surface area contributed by atoms with Crippen molar-refractivity contribution < 1.29 is 19.7 Å². The maximum absolute atomic E-state index is 10.2. The second-order valence-corrected chi connectivity index (χ2v) is 7.76. The van der Waals surface area contributed by atoms with Crippen molar-refractivity contribution >= 4 is 23.5 Å². The molecular formula is C12H24O4S2. The average molecular weight is 296 g/mol. The summed E-state index contributed by atoms with van der Waals surface area (Å²) in [5.74, 6) is 1.15. The molecule has 18 heavy (non-hydrogen) atoms. The van der Waals surface area contributed by atoms with Gasteiger partial charge in [-0.1, -0.05) is 13.8 Å². The largest absolute Gasteiger partial charge is 0.388 e. The highest BCUT2D eigenvalue weighted by Gasteiger charge is 2.41. The summed E-state index contributed by atoms with van der Waals surface area (Å²) in [5, 5.41) is 20.4. The Morgan fingerprint density at radius 1 is 1.22 bits per heavy atom. The van der Waals surface area contributed by atoms with E-state index in [1.165, 1.54) is 0 Å². The van der Waals surface area contributed by atoms with Crippen LogP contribution in [0.4, 0.5) is 0 Å². The van der Waals surface area contributed by atoms with Crippen molar-refractivity contribution in [2.45, 2.75) is 56.4 Å². The lowest BCUT2D eigenvalue weighted by Gasteiger charge is -2.28. The predicted molar refractivity (Wildman–Crippen MR) is 77.0 cm³/mol. The summed E-state index contributed by atoms with van der Waals surface area (Å²) in [7, 11) is 0. The maximum atomic E-state index is 10.2. The van der Waals surface area contributed by atoms with Crippen LogP contribution in [0.5, 0.6) is 0 Å². The quantitative estimate of drug-likeness (QED) is 0.697. The summed E-state index contributed by atoms with van der Waals surface area (Å²) in [4.78, 5) is 0. The molecule has 1 fully saturated rings. The van der Waals surface area contributed by atoms with E-state index in [-0.39, 0.29) is 4.58 Å². The fraction of sp³-hybridized carbons (Fsp3) is 1.00. The summed E-state index contributed by atoms with van der Waals surface area (Å²) in [6.45, 7) is 8.04. The first-order chi connectivity index (χ1) is 8.41. The smallest absolute Gasteiger partial charge is 0.163 e. The second-order valence-electron chi connectivity index (χ2n) is 4.63. The number of ether oxygens (including phenoxy) is 2. The predicted octanol–water partition coefficient (Wildman–Crippen LogP) is 1.69. The number of thioether (sulfide) groups is 2. The Morgan fingerprint density at radius 2 is 1.78 bits per heavy atom. The standard InChI is InChI=1S/C12H24O4S2/c1-5-17-11(18-6-2)10(14)9(13)8-7-15-12(3,4)16-8/h8-11,13-14H,5-7H2,1-4H3/t8-,9-,10-/m0/s1. The molecule has 3 atom stereocenters. The van der Waals surface area contributed by atoms with Crippen molar-refractivity contribution in [3.05, 3.63) is 0 Å². The molecule has 0 saturated carbocycles. The van der Waals surface area contributed by atoms with Crippen LogP contribution in [0, 0.1) is 0 Å². The van der Waals surface area contributed by atoms with Crippen LogP contribution >= 0.6 is 23.5 Å². The van der Waals surface area contributed by atoms with Crippen LogP contribution in [0.2, 0.25) is 0 Å². The molecule has 1 rings (SSSR count). The van der Waals surface area contributed by atoms with Crippen LogP contribution in [-0.4, -0.2) is 57.0 Å². The Labute approximate surface area is 118 Å². The van der Waals surface area contributed by atoms with Crippen molar-refractivity contribution in [3.63, 3.8) is 0 Å². The van der Waals surface area contributed by atoms with Gasteiger partial charge in [-0.05, 0) is 25.4 Å². The van der Waals surface area contributed by atoms with E-state index in [1.54, 1.807) is 23.5 Å². The Morgan fingerprint density at radius 3 is 2.17 bits per heavy atom. The lowest BCUT2D eigenvalue weighted by molar-refractivity contribution is -0.159. The molecule has 2 N–H and O–H groups in total. The molecule has 0 amide bonds. The van der Waals surface area contributed by atoms with Crippen LogP contribution in [0.3, 0.4) is 0 Å². The highest BCUT2D eigenvalue weighted by atomic mass is 32.2. The molecule has 6 heteroatoms. The highest BCUT2D eigenvalue weighted by molar-refractivity contribution is 8.17. The van der Waals surface area contributed by atoms with E-state index in [2.05, 4.69) is 0 Å². The van der Waals surface area contributed by atoms with Gasteiger partial charge in [0.25, 0.3) is 0 Å². The van der Waals surface area contributed by atoms with Crippen LogP contribution in [-0.2, 0) is 9.47 Å². The molecule has 0 bridgehead atoms. The summed E-state index contributed by atoms with van der Waals surface area (Å²) in [6, 6.07) is 0. The normalized spacial score (nSPS) is 26.5. The van der Waals surface area contributed by atoms with E-state index >= 15 is 0 Å². The summed E-state index contributed by atoms with van der Waals surface area (Å²) >= 11 is 3.31. The van der Waals surface area contributed by atoms with E-state index in [4.69, 9.17) is 9.47 Å². The number of hydrogen-bond acceptors (Lipinski definition) is 6. The molecule has 4 nitrogen and oxygen atoms in total. The molecule has 0 unspecified atom stereocenters. The zero-order chi connectivity index (χ0) is 13.8. The van der Waals surface area contributed by atoms with Crippen molar-refractivity contribution in [3.8, 4) is 0 Å². The molecule has 108 valence electrons. The fourth-order valence-corrected chi connectivity index (χ4v) is 4.41. The maximum Gasteiger partial charge on any atom is 0.163 e. The molecule has 0 aliphatic carbocycles. The fourth-order valence-electron chi connectivity index (χ4n) is 1.84. The van der Waals surface area contributed by atoms with Crippen LogP contribution in [0.15, 0.2) is 0 Å². The minimum atomic E-state index is -0.908. The van der Waals surface area contributed by atoms with Gasteiger partial charge in [-0.25, -0.2) is 0 Å². The highest BCUT2D eigenvalue weighted by Crippen LogP contribution is 2.32. The third kappa shape index (κ3) is 4.58. The van der Waals surface area contributed by atoms with E-state index in [9.17, 15) is 10.2 Å². The lowest BCUT2D eigenvalue weighted by atomic mass is 10.1. The Bertz CT molecular complexity index is 238. The molecule has 1 saturated heterocycles. The van der Waals surface area contributed by atoms with Gasteiger partial charge in [0.1, 0.15) is 18.3 Å². The van der Waals surface area contributed by atoms with Gasteiger partial charge in [0, 0.05) is 0 Å². The van der Waals surface area contributed by atoms with Gasteiger partial charge in [-0.3, -0.25) is 0 Å². The number of hydrogen-bond donors (Lipinski definition) is 2. The van der Waals surface area contributed by atoms with Gasteiger partial charge in [-0.15, -0.1) is 23.5 Å². The summed E-state index contributed by atoms with van der Waals surface area (Å²) < 4.78 is 11.0. The summed E-state index contributed by atoms with van der Waals surface area (Å²) in [6.07, 6.45) is -2.16. The third-order valence-corrected chi connectivity index (χ3v) is 5.40. The Kier molecular flexibility index (Phi) is 6.78. The molecule has 1 aliphatic heterocycles. The summed E-state index contributed by atoms with van der Waals surface area (Å²) in [5.41, 5.74) is 0. The first-order valence-electron chi connectivity index (χ1n) is 6.32. The van der Waals surface area contributed by atoms with Gasteiger partial charge in [0.15, 0.2) is 5.79 Å². The topological polar surface area (TPSA) is 58.9 Å². The van der Waals surface area contributed by atoms with Crippen molar-refractivity contribution in [2.24, 2.45) is 0 Å². The molecule has 0 spiro atoms. The van der Waals surface area contributed by atoms with Crippen LogP contribution < -0.4 is 0 Å². The van der Waals surface area contributed by atoms with E-state index in [0.717, 1.165) is 11.5 Å². The van der Waals surface area contributed by atoms with Crippen molar-refractivity contribution in [2.75, 3.05) is 18.1 Å². The monoisotopic (exact) mass is 296 g/mol. The SMILES string of the molecule is CCSC(SCC)[C@@H](O)[C@@H](O)[C@@H]1COC(C)(C)O1. The van der Waals surface area contributed by atoms with Crippen LogP contribution in [0.25, 0.3) is 0 Å². The van der Waals surface area contributed by atoms with E-state index in [1.807, 2.05) is 27.7 Å². The third-order valence-electron chi connectivity index (χ3n) is 2.70. The minimum Gasteiger partial charge on any atom is -0.388 e. The zero-order valence-corrected chi connectivity index (χ0v) is 13.1. The molecule has 0 radical (unpaired) electrons. The minimum absolute atomic E-state index is 0.0256. The Hall–Kier alpha value is 0.540. The van der Waals surface area contributed by atoms with Gasteiger partial charge in [-0.2, -0.15) is 0 Å². The molecular weight excluding hydrogens is 272 g/mol. The van der Waals surface area contributed by atoms with E-state index in [0.29, 0.717) is 6.61 Å².